The first-order valence-electron chi connectivity index (χ1n) is 9.46. The molecule has 2 fully saturated rings. The van der Waals surface area contributed by atoms with Crippen LogP contribution in [0.1, 0.15) is 17.4 Å². The molecule has 2 heterocycles. The number of fused-ring (bicyclic) bond motifs is 1. The second-order valence-corrected chi connectivity index (χ2v) is 6.99. The molecule has 0 N–H and O–H groups in total. The maximum atomic E-state index is 11.9. The van der Waals surface area contributed by atoms with Gasteiger partial charge in [0.25, 0.3) is 6.04 Å². The highest BCUT2D eigenvalue weighted by atomic mass is 16.8. The lowest BCUT2D eigenvalue weighted by molar-refractivity contribution is -0.579. The number of nitro groups is 1. The first-order chi connectivity index (χ1) is 14.2. The van der Waals surface area contributed by atoms with Gasteiger partial charge in [-0.1, -0.05) is 60.7 Å². The summed E-state index contributed by atoms with van der Waals surface area (Å²) in [7, 11) is 1.44. The molecule has 2 aliphatic heterocycles. The standard InChI is InChI=1S/C21H23NO7/c1-25-19-17(22(23)24)21(26-12-14-8-4-2-5-9-14)28-16-13-27-20(29-18(16)19)15-10-6-3-7-11-15/h2-11,16-21H,12-13H2,1H3/t16-,17-,18-,19-,20?,21-/m1/s1. The van der Waals surface area contributed by atoms with Crippen molar-refractivity contribution in [1.82, 2.24) is 0 Å². The fraction of sp³-hybridized carbons (Fsp3) is 0.429. The molecule has 0 spiro atoms. The van der Waals surface area contributed by atoms with Gasteiger partial charge in [-0.3, -0.25) is 10.1 Å². The van der Waals surface area contributed by atoms with Crippen LogP contribution in [-0.4, -0.2) is 49.3 Å². The van der Waals surface area contributed by atoms with Gasteiger partial charge in [0.1, 0.15) is 12.2 Å². The molecule has 6 atom stereocenters. The molecule has 0 aromatic heterocycles. The summed E-state index contributed by atoms with van der Waals surface area (Å²) in [5.74, 6) is 0. The largest absolute Gasteiger partial charge is 0.371 e. The molecule has 0 bridgehead atoms. The molecule has 2 aromatic carbocycles. The number of hydrogen-bond acceptors (Lipinski definition) is 7. The van der Waals surface area contributed by atoms with Crippen molar-refractivity contribution in [2.75, 3.05) is 13.7 Å². The third kappa shape index (κ3) is 4.31. The normalized spacial score (nSPS) is 31.8. The average Bonchev–Trinajstić information content (AvgIpc) is 2.77. The highest BCUT2D eigenvalue weighted by molar-refractivity contribution is 5.17. The molecule has 0 saturated carbocycles. The summed E-state index contributed by atoms with van der Waals surface area (Å²) in [4.78, 5) is 11.4. The highest BCUT2D eigenvalue weighted by Gasteiger charge is 2.56. The zero-order chi connectivity index (χ0) is 20.2. The van der Waals surface area contributed by atoms with Gasteiger partial charge in [-0.2, -0.15) is 0 Å². The zero-order valence-electron chi connectivity index (χ0n) is 16.0. The third-order valence-electron chi connectivity index (χ3n) is 5.15. The van der Waals surface area contributed by atoms with Gasteiger partial charge in [0, 0.05) is 17.6 Å². The van der Waals surface area contributed by atoms with E-state index in [1.165, 1.54) is 7.11 Å². The van der Waals surface area contributed by atoms with E-state index in [9.17, 15) is 10.1 Å². The van der Waals surface area contributed by atoms with Crippen molar-refractivity contribution in [3.63, 3.8) is 0 Å². The summed E-state index contributed by atoms with van der Waals surface area (Å²) in [6.45, 7) is 0.414. The first-order valence-corrected chi connectivity index (χ1v) is 9.46. The van der Waals surface area contributed by atoms with Crippen LogP contribution in [0.5, 0.6) is 0 Å². The first kappa shape index (κ1) is 19.9. The van der Waals surface area contributed by atoms with Crippen molar-refractivity contribution in [2.24, 2.45) is 0 Å². The van der Waals surface area contributed by atoms with Gasteiger partial charge in [-0.15, -0.1) is 0 Å². The summed E-state index contributed by atoms with van der Waals surface area (Å²) in [6.07, 6.45) is -3.72. The molecule has 0 aliphatic carbocycles. The van der Waals surface area contributed by atoms with Crippen LogP contribution in [0.2, 0.25) is 0 Å². The van der Waals surface area contributed by atoms with Crippen LogP contribution in [0.15, 0.2) is 60.7 Å². The van der Waals surface area contributed by atoms with Gasteiger partial charge in [0.05, 0.1) is 13.2 Å². The molecule has 2 aromatic rings. The van der Waals surface area contributed by atoms with Crippen LogP contribution >= 0.6 is 0 Å². The van der Waals surface area contributed by atoms with E-state index in [4.69, 9.17) is 23.7 Å². The lowest BCUT2D eigenvalue weighted by atomic mass is 9.96. The summed E-state index contributed by atoms with van der Waals surface area (Å²) < 4.78 is 29.1. The van der Waals surface area contributed by atoms with Gasteiger partial charge in [-0.05, 0) is 5.56 Å². The minimum absolute atomic E-state index is 0.192. The van der Waals surface area contributed by atoms with Crippen molar-refractivity contribution < 1.29 is 28.6 Å². The monoisotopic (exact) mass is 401 g/mol. The SMILES string of the molecule is CO[C@H]1[C@@H]2OC(c3ccccc3)OC[C@H]2O[C@@H](OCc2ccccc2)[C@@H]1[N+](=O)[O-]. The predicted octanol–water partition coefficient (Wildman–Crippen LogP) is 2.70. The van der Waals surface area contributed by atoms with Crippen molar-refractivity contribution >= 4 is 0 Å². The topological polar surface area (TPSA) is 89.3 Å². The van der Waals surface area contributed by atoms with Gasteiger partial charge in [0.2, 0.25) is 6.29 Å². The Hall–Kier alpha value is -2.36. The molecule has 2 aliphatic rings. The van der Waals surface area contributed by atoms with Gasteiger partial charge < -0.3 is 23.7 Å². The molecule has 4 rings (SSSR count). The van der Waals surface area contributed by atoms with E-state index in [-0.39, 0.29) is 13.2 Å². The second kappa shape index (κ2) is 8.98. The Morgan fingerprint density at radius 2 is 1.76 bits per heavy atom. The lowest BCUT2D eigenvalue weighted by Crippen LogP contribution is -2.64. The van der Waals surface area contributed by atoms with Crippen LogP contribution < -0.4 is 0 Å². The number of nitrogens with zero attached hydrogens (tertiary/aromatic N) is 1. The fourth-order valence-corrected chi connectivity index (χ4v) is 3.72. The number of ether oxygens (including phenoxy) is 5. The Labute approximate surface area is 168 Å². The van der Waals surface area contributed by atoms with E-state index in [2.05, 4.69) is 0 Å². The van der Waals surface area contributed by atoms with Gasteiger partial charge >= 0.3 is 0 Å². The number of rotatable bonds is 6. The van der Waals surface area contributed by atoms with E-state index < -0.39 is 41.9 Å². The van der Waals surface area contributed by atoms with Crippen molar-refractivity contribution in [1.29, 1.82) is 0 Å². The molecule has 8 heteroatoms. The smallest absolute Gasteiger partial charge is 0.291 e. The van der Waals surface area contributed by atoms with Crippen LogP contribution in [-0.2, 0) is 30.3 Å². The Kier molecular flexibility index (Phi) is 6.17. The highest BCUT2D eigenvalue weighted by Crippen LogP contribution is 2.36. The Morgan fingerprint density at radius 3 is 2.41 bits per heavy atom. The van der Waals surface area contributed by atoms with E-state index in [0.717, 1.165) is 11.1 Å². The molecule has 8 nitrogen and oxygen atoms in total. The Morgan fingerprint density at radius 1 is 1.07 bits per heavy atom. The molecular formula is C21H23NO7. The number of methoxy groups -OCH3 is 1. The molecule has 0 amide bonds. The van der Waals surface area contributed by atoms with E-state index in [1.807, 2.05) is 60.7 Å². The summed E-state index contributed by atoms with van der Waals surface area (Å²) >= 11 is 0. The maximum Gasteiger partial charge on any atom is 0.291 e. The van der Waals surface area contributed by atoms with E-state index in [1.54, 1.807) is 0 Å². The Bertz CT molecular complexity index is 803. The molecule has 2 saturated heterocycles. The number of benzene rings is 2. The van der Waals surface area contributed by atoms with Crippen molar-refractivity contribution in [3.8, 4) is 0 Å². The van der Waals surface area contributed by atoms with Crippen LogP contribution in [0, 0.1) is 10.1 Å². The van der Waals surface area contributed by atoms with Crippen LogP contribution in [0.3, 0.4) is 0 Å². The average molecular weight is 401 g/mol. The van der Waals surface area contributed by atoms with Crippen molar-refractivity contribution in [2.45, 2.75) is 43.5 Å². The minimum Gasteiger partial charge on any atom is -0.371 e. The lowest BCUT2D eigenvalue weighted by Gasteiger charge is -2.45. The molecule has 154 valence electrons. The van der Waals surface area contributed by atoms with E-state index >= 15 is 0 Å². The fourth-order valence-electron chi connectivity index (χ4n) is 3.72. The van der Waals surface area contributed by atoms with Gasteiger partial charge in [-0.25, -0.2) is 0 Å². The summed E-state index contributed by atoms with van der Waals surface area (Å²) in [6, 6.07) is 17.6. The van der Waals surface area contributed by atoms with Crippen molar-refractivity contribution in [3.05, 3.63) is 81.9 Å². The molecular weight excluding hydrogens is 378 g/mol. The summed E-state index contributed by atoms with van der Waals surface area (Å²) in [5.41, 5.74) is 1.73. The Balaban J connectivity index is 1.51. The van der Waals surface area contributed by atoms with Crippen LogP contribution in [0.25, 0.3) is 0 Å². The maximum absolute atomic E-state index is 11.9. The third-order valence-corrected chi connectivity index (χ3v) is 5.15. The number of hydrogen-bond donors (Lipinski definition) is 0. The predicted molar refractivity (Wildman–Crippen MR) is 101 cm³/mol. The second-order valence-electron chi connectivity index (χ2n) is 6.99. The van der Waals surface area contributed by atoms with Crippen LogP contribution in [0.4, 0.5) is 0 Å². The molecule has 29 heavy (non-hydrogen) atoms. The minimum atomic E-state index is -1.22. The summed E-state index contributed by atoms with van der Waals surface area (Å²) in [5, 5.41) is 11.9. The zero-order valence-corrected chi connectivity index (χ0v) is 16.0. The molecule has 1 unspecified atom stereocenters. The molecule has 0 radical (unpaired) electrons. The van der Waals surface area contributed by atoms with Gasteiger partial charge in [0.15, 0.2) is 12.4 Å². The van der Waals surface area contributed by atoms with E-state index in [0.29, 0.717) is 0 Å². The quantitative estimate of drug-likeness (QED) is 0.543.